The second-order valence-corrected chi connectivity index (χ2v) is 8.71. The number of halogens is 4. The van der Waals surface area contributed by atoms with Crippen molar-refractivity contribution in [3.63, 3.8) is 0 Å². The topological polar surface area (TPSA) is 63.1 Å². The molecule has 0 aliphatic carbocycles. The number of benzene rings is 2. The number of nitrogens with zero attached hydrogens (tertiary/aromatic N) is 4. The summed E-state index contributed by atoms with van der Waals surface area (Å²) >= 11 is 0. The number of rotatable bonds is 5. The first-order valence-corrected chi connectivity index (χ1v) is 11.1. The zero-order chi connectivity index (χ0) is 25.4. The Morgan fingerprint density at radius 2 is 1.92 bits per heavy atom. The van der Waals surface area contributed by atoms with E-state index in [-0.39, 0.29) is 13.1 Å². The van der Waals surface area contributed by atoms with Crippen LogP contribution < -0.4 is 5.32 Å². The molecule has 5 rings (SSSR count). The van der Waals surface area contributed by atoms with Crippen LogP contribution in [-0.4, -0.2) is 38.1 Å². The summed E-state index contributed by atoms with van der Waals surface area (Å²) < 4.78 is 54.7. The Kier molecular flexibility index (Phi) is 6.05. The van der Waals surface area contributed by atoms with Crippen LogP contribution in [0.5, 0.6) is 0 Å². The molecule has 0 saturated carbocycles. The highest BCUT2D eigenvalue weighted by molar-refractivity contribution is 6.02. The number of anilines is 1. The van der Waals surface area contributed by atoms with E-state index in [1.165, 1.54) is 23.2 Å². The fraction of sp³-hybridized carbons (Fsp3) is 0.192. The minimum absolute atomic E-state index is 0.160. The maximum Gasteiger partial charge on any atom is 0.401 e. The number of imidazole rings is 1. The SMILES string of the molecule is Cn1cnc2ccc(-c3c(F)cncc3C=CC(=O)Nc3ccc4c(c3)CN(CC(F)(F)F)C4)cc21. The van der Waals surface area contributed by atoms with Crippen molar-refractivity contribution in [2.24, 2.45) is 7.05 Å². The second kappa shape index (κ2) is 9.19. The highest BCUT2D eigenvalue weighted by Crippen LogP contribution is 2.31. The van der Waals surface area contributed by atoms with Crippen molar-refractivity contribution < 1.29 is 22.4 Å². The molecule has 6 nitrogen and oxygen atoms in total. The average Bonchev–Trinajstić information content (AvgIpc) is 3.38. The van der Waals surface area contributed by atoms with Gasteiger partial charge in [0.05, 0.1) is 30.1 Å². The molecule has 0 radical (unpaired) electrons. The van der Waals surface area contributed by atoms with Gasteiger partial charge in [0, 0.05) is 49.2 Å². The van der Waals surface area contributed by atoms with E-state index in [1.807, 2.05) is 17.7 Å². The molecule has 1 N–H and O–H groups in total. The van der Waals surface area contributed by atoms with E-state index < -0.39 is 24.4 Å². The van der Waals surface area contributed by atoms with Crippen LogP contribution >= 0.6 is 0 Å². The van der Waals surface area contributed by atoms with Gasteiger partial charge in [-0.3, -0.25) is 14.7 Å². The van der Waals surface area contributed by atoms with Crippen LogP contribution in [0.15, 0.2) is 61.2 Å². The zero-order valence-electron chi connectivity index (χ0n) is 19.2. The van der Waals surface area contributed by atoms with Crippen LogP contribution in [0.4, 0.5) is 23.2 Å². The third kappa shape index (κ3) is 4.99. The van der Waals surface area contributed by atoms with Gasteiger partial charge < -0.3 is 9.88 Å². The Balaban J connectivity index is 1.33. The molecule has 1 aliphatic rings. The zero-order valence-corrected chi connectivity index (χ0v) is 19.2. The predicted molar refractivity (Wildman–Crippen MR) is 128 cm³/mol. The highest BCUT2D eigenvalue weighted by Gasteiger charge is 2.33. The number of carbonyl (C=O) groups is 1. The summed E-state index contributed by atoms with van der Waals surface area (Å²) in [6.45, 7) is -0.611. The molecule has 0 bridgehead atoms. The maximum absolute atomic E-state index is 14.8. The number of carbonyl (C=O) groups excluding carboxylic acids is 1. The van der Waals surface area contributed by atoms with Crippen LogP contribution in [0, 0.1) is 5.82 Å². The Hall–Kier alpha value is -4.05. The van der Waals surface area contributed by atoms with Crippen molar-refractivity contribution in [3.8, 4) is 11.1 Å². The molecule has 1 amide bonds. The molecular formula is C26H21F4N5O. The highest BCUT2D eigenvalue weighted by atomic mass is 19.4. The number of amides is 1. The maximum atomic E-state index is 14.8. The summed E-state index contributed by atoms with van der Waals surface area (Å²) in [5.74, 6) is -0.987. The largest absolute Gasteiger partial charge is 0.401 e. The molecule has 10 heteroatoms. The van der Waals surface area contributed by atoms with E-state index in [2.05, 4.69) is 15.3 Å². The van der Waals surface area contributed by atoms with E-state index >= 15 is 0 Å². The number of nitrogens with one attached hydrogen (secondary N) is 1. The molecule has 3 heterocycles. The van der Waals surface area contributed by atoms with Gasteiger partial charge in [-0.15, -0.1) is 0 Å². The van der Waals surface area contributed by atoms with Gasteiger partial charge in [0.25, 0.3) is 0 Å². The fourth-order valence-corrected chi connectivity index (χ4v) is 4.42. The van der Waals surface area contributed by atoms with Crippen LogP contribution in [-0.2, 0) is 24.9 Å². The number of fused-ring (bicyclic) bond motifs is 2. The molecule has 0 atom stereocenters. The molecule has 0 fully saturated rings. The van der Waals surface area contributed by atoms with Gasteiger partial charge in [-0.25, -0.2) is 9.37 Å². The van der Waals surface area contributed by atoms with Gasteiger partial charge in [-0.2, -0.15) is 13.2 Å². The van der Waals surface area contributed by atoms with Gasteiger partial charge in [0.2, 0.25) is 5.91 Å². The molecule has 0 spiro atoms. The molecule has 184 valence electrons. The molecule has 4 aromatic rings. The van der Waals surface area contributed by atoms with Gasteiger partial charge >= 0.3 is 6.18 Å². The second-order valence-electron chi connectivity index (χ2n) is 8.71. The van der Waals surface area contributed by atoms with E-state index in [1.54, 1.807) is 36.7 Å². The fourth-order valence-electron chi connectivity index (χ4n) is 4.42. The smallest absolute Gasteiger partial charge is 0.334 e. The third-order valence-electron chi connectivity index (χ3n) is 6.02. The first-order valence-electron chi connectivity index (χ1n) is 11.1. The number of pyridine rings is 1. The first kappa shape index (κ1) is 23.7. The predicted octanol–water partition coefficient (Wildman–Crippen LogP) is 5.30. The molecule has 0 saturated heterocycles. The Morgan fingerprint density at radius 1 is 1.11 bits per heavy atom. The summed E-state index contributed by atoms with van der Waals surface area (Å²) in [6, 6.07) is 10.4. The van der Waals surface area contributed by atoms with Crippen molar-refractivity contribution in [2.45, 2.75) is 19.3 Å². The molecule has 36 heavy (non-hydrogen) atoms. The number of hydrogen-bond acceptors (Lipinski definition) is 4. The standard InChI is InChI=1S/C26H21F4N5O/c1-34-15-32-22-6-3-16(9-23(22)34)25-17(10-31-11-21(25)27)4-7-24(36)33-20-5-2-18-12-35(13-19(18)8-20)14-26(28,29)30/h2-11,15H,12-14H2,1H3,(H,33,36). The lowest BCUT2D eigenvalue weighted by Crippen LogP contribution is -2.29. The molecule has 2 aromatic carbocycles. The number of aryl methyl sites for hydroxylation is 1. The lowest BCUT2D eigenvalue weighted by molar-refractivity contribution is -0.147. The van der Waals surface area contributed by atoms with E-state index in [4.69, 9.17) is 0 Å². The normalized spacial score (nSPS) is 14.0. The van der Waals surface area contributed by atoms with Crippen molar-refractivity contribution >= 4 is 28.7 Å². The average molecular weight is 495 g/mol. The monoisotopic (exact) mass is 495 g/mol. The molecular weight excluding hydrogens is 474 g/mol. The van der Waals surface area contributed by atoms with Gasteiger partial charge in [0.15, 0.2) is 0 Å². The van der Waals surface area contributed by atoms with E-state index in [0.29, 0.717) is 22.4 Å². The summed E-state index contributed by atoms with van der Waals surface area (Å²) in [4.78, 5) is 22.1. The lowest BCUT2D eigenvalue weighted by Gasteiger charge is -2.16. The minimum atomic E-state index is -4.27. The van der Waals surface area contributed by atoms with Crippen molar-refractivity contribution in [2.75, 3.05) is 11.9 Å². The van der Waals surface area contributed by atoms with Gasteiger partial charge in [-0.05, 0) is 47.0 Å². The quantitative estimate of drug-likeness (QED) is 0.301. The van der Waals surface area contributed by atoms with Crippen LogP contribution in [0.1, 0.15) is 16.7 Å². The molecule has 2 aromatic heterocycles. The Morgan fingerprint density at radius 3 is 2.72 bits per heavy atom. The van der Waals surface area contributed by atoms with E-state index in [0.717, 1.165) is 28.4 Å². The number of alkyl halides is 3. The molecule has 1 aliphatic heterocycles. The summed E-state index contributed by atoms with van der Waals surface area (Å²) in [7, 11) is 1.85. The van der Waals surface area contributed by atoms with E-state index in [9.17, 15) is 22.4 Å². The Labute approximate surface area is 203 Å². The van der Waals surface area contributed by atoms with Crippen molar-refractivity contribution in [1.82, 2.24) is 19.4 Å². The third-order valence-corrected chi connectivity index (χ3v) is 6.02. The lowest BCUT2D eigenvalue weighted by atomic mass is 10.00. The van der Waals surface area contributed by atoms with Gasteiger partial charge in [-0.1, -0.05) is 12.1 Å². The van der Waals surface area contributed by atoms with Gasteiger partial charge in [0.1, 0.15) is 5.82 Å². The Bertz CT molecular complexity index is 1490. The minimum Gasteiger partial charge on any atom is -0.334 e. The number of aromatic nitrogens is 3. The summed E-state index contributed by atoms with van der Waals surface area (Å²) in [5.41, 5.74) is 4.97. The summed E-state index contributed by atoms with van der Waals surface area (Å²) in [5, 5.41) is 2.71. The van der Waals surface area contributed by atoms with Crippen LogP contribution in [0.3, 0.4) is 0 Å². The van der Waals surface area contributed by atoms with Crippen molar-refractivity contribution in [1.29, 1.82) is 0 Å². The first-order chi connectivity index (χ1) is 17.2. The molecule has 0 unspecified atom stereocenters. The van der Waals surface area contributed by atoms with Crippen LogP contribution in [0.2, 0.25) is 0 Å². The van der Waals surface area contributed by atoms with Crippen LogP contribution in [0.25, 0.3) is 28.2 Å². The van der Waals surface area contributed by atoms with Crippen molar-refractivity contribution in [3.05, 3.63) is 83.7 Å². The number of hydrogen-bond donors (Lipinski definition) is 1. The summed E-state index contributed by atoms with van der Waals surface area (Å²) in [6.07, 6.45) is 2.75.